The third kappa shape index (κ3) is 5.01. The number of nitrogens with one attached hydrogen (secondary N) is 1. The van der Waals surface area contributed by atoms with E-state index in [0.29, 0.717) is 5.92 Å². The van der Waals surface area contributed by atoms with Crippen molar-refractivity contribution in [2.45, 2.75) is 38.5 Å². The van der Waals surface area contributed by atoms with Crippen LogP contribution in [0.3, 0.4) is 0 Å². The molecule has 0 aliphatic heterocycles. The summed E-state index contributed by atoms with van der Waals surface area (Å²) in [6.07, 6.45) is 6.59. The highest BCUT2D eigenvalue weighted by molar-refractivity contribution is 5.20. The maximum atomic E-state index is 4.24. The summed E-state index contributed by atoms with van der Waals surface area (Å²) in [7, 11) is 2.02. The van der Waals surface area contributed by atoms with Crippen LogP contribution >= 0.6 is 0 Å². The fourth-order valence-electron chi connectivity index (χ4n) is 2.74. The Bertz CT molecular complexity index is 504. The van der Waals surface area contributed by atoms with Crippen LogP contribution in [0, 0.1) is 0 Å². The Morgan fingerprint density at radius 3 is 2.67 bits per heavy atom. The van der Waals surface area contributed by atoms with E-state index in [4.69, 9.17) is 0 Å². The van der Waals surface area contributed by atoms with Crippen LogP contribution in [0.25, 0.3) is 0 Å². The zero-order valence-electron chi connectivity index (χ0n) is 13.3. The maximum absolute atomic E-state index is 4.24. The minimum Gasteiger partial charge on any atom is -0.316 e. The maximum Gasteiger partial charge on any atom is 0.0492 e. The van der Waals surface area contributed by atoms with Gasteiger partial charge in [-0.2, -0.15) is 5.10 Å². The molecule has 0 radical (unpaired) electrons. The zero-order chi connectivity index (χ0) is 14.9. The number of aromatic nitrogens is 2. The topological polar surface area (TPSA) is 29.9 Å². The third-order valence-electron chi connectivity index (χ3n) is 4.00. The summed E-state index contributed by atoms with van der Waals surface area (Å²) in [6, 6.07) is 13.0. The van der Waals surface area contributed by atoms with Crippen LogP contribution in [-0.2, 0) is 13.5 Å². The first kappa shape index (κ1) is 15.8. The number of benzene rings is 1. The Balaban J connectivity index is 1.88. The van der Waals surface area contributed by atoms with Crippen LogP contribution in [0.5, 0.6) is 0 Å². The molecule has 1 heterocycles. The Kier molecular flexibility index (Phi) is 6.48. The van der Waals surface area contributed by atoms with Crippen molar-refractivity contribution in [1.29, 1.82) is 0 Å². The van der Waals surface area contributed by atoms with Gasteiger partial charge in [-0.25, -0.2) is 0 Å². The standard InChI is InChI=1S/C18H27N3/c1-3-13-19-15-17(16-8-5-4-6-9-16)10-7-11-18-12-14-20-21(18)2/h4-6,8-9,12,14,17,19H,3,7,10-11,13,15H2,1-2H3. The van der Waals surface area contributed by atoms with Crippen LogP contribution < -0.4 is 5.32 Å². The Labute approximate surface area is 128 Å². The van der Waals surface area contributed by atoms with E-state index in [2.05, 4.69) is 53.7 Å². The van der Waals surface area contributed by atoms with E-state index in [1.54, 1.807) is 0 Å². The lowest BCUT2D eigenvalue weighted by atomic mass is 9.93. The van der Waals surface area contributed by atoms with Crippen LogP contribution in [-0.4, -0.2) is 22.9 Å². The normalized spacial score (nSPS) is 12.5. The molecule has 3 heteroatoms. The Morgan fingerprint density at radius 2 is 2.00 bits per heavy atom. The second kappa shape index (κ2) is 8.63. The van der Waals surface area contributed by atoms with E-state index >= 15 is 0 Å². The lowest BCUT2D eigenvalue weighted by Crippen LogP contribution is -2.22. The Morgan fingerprint density at radius 1 is 1.19 bits per heavy atom. The second-order valence-electron chi connectivity index (χ2n) is 5.65. The van der Waals surface area contributed by atoms with Gasteiger partial charge in [0.15, 0.2) is 0 Å². The predicted molar refractivity (Wildman–Crippen MR) is 88.5 cm³/mol. The number of nitrogens with zero attached hydrogens (tertiary/aromatic N) is 2. The van der Waals surface area contributed by atoms with Gasteiger partial charge in [0.25, 0.3) is 0 Å². The lowest BCUT2D eigenvalue weighted by molar-refractivity contribution is 0.526. The summed E-state index contributed by atoms with van der Waals surface area (Å²) in [6.45, 7) is 4.39. The summed E-state index contributed by atoms with van der Waals surface area (Å²) < 4.78 is 1.98. The number of aryl methyl sites for hydroxylation is 2. The van der Waals surface area contributed by atoms with Crippen molar-refractivity contribution in [3.8, 4) is 0 Å². The average molecular weight is 285 g/mol. The minimum atomic E-state index is 0.603. The molecule has 0 aliphatic rings. The van der Waals surface area contributed by atoms with Gasteiger partial charge in [0.1, 0.15) is 0 Å². The van der Waals surface area contributed by atoms with Crippen molar-refractivity contribution in [2.24, 2.45) is 7.05 Å². The van der Waals surface area contributed by atoms with E-state index in [9.17, 15) is 0 Å². The molecule has 3 nitrogen and oxygen atoms in total. The van der Waals surface area contributed by atoms with Crippen LogP contribution in [0.15, 0.2) is 42.6 Å². The third-order valence-corrected chi connectivity index (χ3v) is 4.00. The van der Waals surface area contributed by atoms with Gasteiger partial charge in [-0.3, -0.25) is 4.68 Å². The highest BCUT2D eigenvalue weighted by Crippen LogP contribution is 2.21. The molecule has 0 saturated heterocycles. The smallest absolute Gasteiger partial charge is 0.0492 e. The van der Waals surface area contributed by atoms with E-state index < -0.39 is 0 Å². The molecule has 0 saturated carbocycles. The van der Waals surface area contributed by atoms with Gasteiger partial charge < -0.3 is 5.32 Å². The van der Waals surface area contributed by atoms with Gasteiger partial charge in [0.05, 0.1) is 0 Å². The highest BCUT2D eigenvalue weighted by atomic mass is 15.2. The van der Waals surface area contributed by atoms with E-state index in [0.717, 1.165) is 19.5 Å². The molecule has 1 atom stereocenters. The summed E-state index contributed by atoms with van der Waals surface area (Å²) in [4.78, 5) is 0. The van der Waals surface area contributed by atoms with Gasteiger partial charge in [-0.15, -0.1) is 0 Å². The fourth-order valence-corrected chi connectivity index (χ4v) is 2.74. The molecular formula is C18H27N3. The summed E-state index contributed by atoms with van der Waals surface area (Å²) in [5.74, 6) is 0.603. The zero-order valence-corrected chi connectivity index (χ0v) is 13.3. The fraction of sp³-hybridized carbons (Fsp3) is 0.500. The van der Waals surface area contributed by atoms with Gasteiger partial charge in [0.2, 0.25) is 0 Å². The second-order valence-corrected chi connectivity index (χ2v) is 5.65. The Hall–Kier alpha value is -1.61. The number of hydrogen-bond acceptors (Lipinski definition) is 2. The van der Waals surface area contributed by atoms with E-state index in [-0.39, 0.29) is 0 Å². The molecular weight excluding hydrogens is 258 g/mol. The number of hydrogen-bond donors (Lipinski definition) is 1. The van der Waals surface area contributed by atoms with Crippen molar-refractivity contribution in [1.82, 2.24) is 15.1 Å². The molecule has 0 fully saturated rings. The number of rotatable bonds is 9. The summed E-state index contributed by atoms with van der Waals surface area (Å²) in [5.41, 5.74) is 2.77. The van der Waals surface area contributed by atoms with Gasteiger partial charge in [0, 0.05) is 25.5 Å². The molecule has 21 heavy (non-hydrogen) atoms. The molecule has 0 aliphatic carbocycles. The van der Waals surface area contributed by atoms with Crippen molar-refractivity contribution in [3.05, 3.63) is 53.9 Å². The SMILES string of the molecule is CCCNCC(CCCc1ccnn1C)c1ccccc1. The van der Waals surface area contributed by atoms with Crippen molar-refractivity contribution >= 4 is 0 Å². The van der Waals surface area contributed by atoms with Crippen LogP contribution in [0.2, 0.25) is 0 Å². The van der Waals surface area contributed by atoms with Gasteiger partial charge in [-0.1, -0.05) is 37.3 Å². The molecule has 1 unspecified atom stereocenters. The lowest BCUT2D eigenvalue weighted by Gasteiger charge is -2.18. The van der Waals surface area contributed by atoms with Crippen molar-refractivity contribution < 1.29 is 0 Å². The van der Waals surface area contributed by atoms with Gasteiger partial charge in [-0.05, 0) is 49.8 Å². The predicted octanol–water partition coefficient (Wildman–Crippen LogP) is 3.53. The highest BCUT2D eigenvalue weighted by Gasteiger charge is 2.11. The molecule has 114 valence electrons. The average Bonchev–Trinajstić information content (AvgIpc) is 2.92. The van der Waals surface area contributed by atoms with Crippen LogP contribution in [0.1, 0.15) is 43.4 Å². The summed E-state index contributed by atoms with van der Waals surface area (Å²) >= 11 is 0. The molecule has 0 bridgehead atoms. The van der Waals surface area contributed by atoms with E-state index in [1.165, 1.54) is 30.5 Å². The first-order valence-corrected chi connectivity index (χ1v) is 8.03. The molecule has 2 aromatic rings. The van der Waals surface area contributed by atoms with Crippen molar-refractivity contribution in [3.63, 3.8) is 0 Å². The monoisotopic (exact) mass is 285 g/mol. The first-order valence-electron chi connectivity index (χ1n) is 8.03. The largest absolute Gasteiger partial charge is 0.316 e. The molecule has 0 amide bonds. The molecule has 1 N–H and O–H groups in total. The quantitative estimate of drug-likeness (QED) is 0.714. The first-order chi connectivity index (χ1) is 10.3. The molecule has 1 aromatic carbocycles. The molecule has 2 rings (SSSR count). The van der Waals surface area contributed by atoms with Gasteiger partial charge >= 0.3 is 0 Å². The van der Waals surface area contributed by atoms with E-state index in [1.807, 2.05) is 17.9 Å². The molecule has 0 spiro atoms. The van der Waals surface area contributed by atoms with Crippen molar-refractivity contribution in [2.75, 3.05) is 13.1 Å². The minimum absolute atomic E-state index is 0.603. The summed E-state index contributed by atoms with van der Waals surface area (Å²) in [5, 5.41) is 7.81. The molecule has 1 aromatic heterocycles. The van der Waals surface area contributed by atoms with Crippen LogP contribution in [0.4, 0.5) is 0 Å².